The summed E-state index contributed by atoms with van der Waals surface area (Å²) in [5.74, 6) is -1.33. The minimum Gasteiger partial charge on any atom is -0.467 e. The molecule has 0 aromatic heterocycles. The smallest absolute Gasteiger partial charge is 0.338 e. The maximum atomic E-state index is 11.8. The molecule has 6 heteroatoms. The lowest BCUT2D eigenvalue weighted by Gasteiger charge is -2.33. The van der Waals surface area contributed by atoms with Crippen LogP contribution >= 0.6 is 0 Å². The van der Waals surface area contributed by atoms with Crippen LogP contribution in [0.1, 0.15) is 12.8 Å². The van der Waals surface area contributed by atoms with E-state index in [1.807, 2.05) is 0 Å². The van der Waals surface area contributed by atoms with Gasteiger partial charge < -0.3 is 15.0 Å². The van der Waals surface area contributed by atoms with Crippen LogP contribution in [0.3, 0.4) is 0 Å². The van der Waals surface area contributed by atoms with Gasteiger partial charge >= 0.3 is 5.97 Å². The summed E-state index contributed by atoms with van der Waals surface area (Å²) >= 11 is 0. The third-order valence-corrected chi connectivity index (χ3v) is 2.81. The number of rotatable bonds is 1. The number of nitrogens with zero attached hydrogens (tertiary/aromatic N) is 1. The van der Waals surface area contributed by atoms with Crippen molar-refractivity contribution in [3.05, 3.63) is 0 Å². The Labute approximate surface area is 86.6 Å². The summed E-state index contributed by atoms with van der Waals surface area (Å²) in [4.78, 5) is 36.0. The number of piperazine rings is 1. The Morgan fingerprint density at radius 3 is 2.93 bits per heavy atom. The van der Waals surface area contributed by atoms with Gasteiger partial charge in [-0.1, -0.05) is 0 Å². The SMILES string of the molecule is COC(=O)[C@@H]1NC(=O)[C@@H]2CCCN2C1=O. The normalized spacial score (nSPS) is 29.8. The molecule has 2 amide bonds. The highest BCUT2D eigenvalue weighted by atomic mass is 16.5. The van der Waals surface area contributed by atoms with E-state index in [9.17, 15) is 14.4 Å². The van der Waals surface area contributed by atoms with Gasteiger partial charge in [-0.15, -0.1) is 0 Å². The Kier molecular flexibility index (Phi) is 2.34. The van der Waals surface area contributed by atoms with Gasteiger partial charge in [0.2, 0.25) is 11.9 Å². The van der Waals surface area contributed by atoms with Crippen molar-refractivity contribution in [1.82, 2.24) is 10.2 Å². The van der Waals surface area contributed by atoms with E-state index in [0.717, 1.165) is 6.42 Å². The van der Waals surface area contributed by atoms with Crippen LogP contribution in [0.15, 0.2) is 0 Å². The first-order valence-corrected chi connectivity index (χ1v) is 4.84. The predicted octanol–water partition coefficient (Wildman–Crippen LogP) is -1.35. The zero-order valence-electron chi connectivity index (χ0n) is 8.36. The molecule has 2 rings (SSSR count). The molecule has 0 bridgehead atoms. The number of nitrogens with one attached hydrogen (secondary N) is 1. The van der Waals surface area contributed by atoms with Gasteiger partial charge in [0.25, 0.3) is 5.91 Å². The van der Waals surface area contributed by atoms with E-state index in [1.165, 1.54) is 12.0 Å². The molecule has 15 heavy (non-hydrogen) atoms. The van der Waals surface area contributed by atoms with Crippen LogP contribution in [0, 0.1) is 0 Å². The first-order chi connectivity index (χ1) is 7.15. The lowest BCUT2D eigenvalue weighted by molar-refractivity contribution is -0.158. The molecular formula is C9H12N2O4. The third-order valence-electron chi connectivity index (χ3n) is 2.81. The van der Waals surface area contributed by atoms with Crippen LogP contribution in [-0.4, -0.2) is 48.4 Å². The van der Waals surface area contributed by atoms with Crippen molar-refractivity contribution in [3.63, 3.8) is 0 Å². The van der Waals surface area contributed by atoms with Gasteiger partial charge in [-0.2, -0.15) is 0 Å². The van der Waals surface area contributed by atoms with Crippen LogP contribution in [-0.2, 0) is 19.1 Å². The highest BCUT2D eigenvalue weighted by molar-refractivity contribution is 6.09. The topological polar surface area (TPSA) is 75.7 Å². The fourth-order valence-corrected chi connectivity index (χ4v) is 2.05. The molecule has 6 nitrogen and oxygen atoms in total. The summed E-state index contributed by atoms with van der Waals surface area (Å²) in [6, 6.07) is -1.55. The largest absolute Gasteiger partial charge is 0.467 e. The summed E-state index contributed by atoms with van der Waals surface area (Å²) in [5.41, 5.74) is 0. The lowest BCUT2D eigenvalue weighted by Crippen LogP contribution is -2.63. The monoisotopic (exact) mass is 212 g/mol. The number of esters is 1. The molecule has 82 valence electrons. The molecule has 2 atom stereocenters. The Balaban J connectivity index is 2.20. The minimum absolute atomic E-state index is 0.262. The van der Waals surface area contributed by atoms with Gasteiger partial charge in [-0.3, -0.25) is 9.59 Å². The van der Waals surface area contributed by atoms with Crippen molar-refractivity contribution in [1.29, 1.82) is 0 Å². The molecule has 0 saturated carbocycles. The molecule has 2 saturated heterocycles. The summed E-state index contributed by atoms with van der Waals surface area (Å²) < 4.78 is 4.46. The molecule has 2 fully saturated rings. The van der Waals surface area contributed by atoms with Crippen molar-refractivity contribution >= 4 is 17.8 Å². The molecule has 0 aromatic rings. The molecule has 0 spiro atoms. The Bertz CT molecular complexity index is 328. The zero-order chi connectivity index (χ0) is 11.0. The summed E-state index contributed by atoms with van der Waals surface area (Å²) in [6.07, 6.45) is 1.48. The molecule has 2 aliphatic heterocycles. The molecule has 0 aromatic carbocycles. The molecule has 2 heterocycles. The second kappa shape index (κ2) is 3.52. The second-order valence-corrected chi connectivity index (χ2v) is 3.65. The number of carbonyl (C=O) groups excluding carboxylic acids is 3. The van der Waals surface area contributed by atoms with E-state index in [2.05, 4.69) is 10.1 Å². The molecular weight excluding hydrogens is 200 g/mol. The number of ether oxygens (including phenoxy) is 1. The van der Waals surface area contributed by atoms with Crippen LogP contribution in [0.5, 0.6) is 0 Å². The fourth-order valence-electron chi connectivity index (χ4n) is 2.05. The second-order valence-electron chi connectivity index (χ2n) is 3.65. The molecule has 0 aliphatic carbocycles. The van der Waals surface area contributed by atoms with Gasteiger partial charge in [0, 0.05) is 6.54 Å². The number of carbonyl (C=O) groups is 3. The molecule has 0 radical (unpaired) electrons. The fraction of sp³-hybridized carbons (Fsp3) is 0.667. The first kappa shape index (κ1) is 9.95. The van der Waals surface area contributed by atoms with E-state index in [1.54, 1.807) is 0 Å². The van der Waals surface area contributed by atoms with E-state index in [4.69, 9.17) is 0 Å². The Hall–Kier alpha value is -1.59. The summed E-state index contributed by atoms with van der Waals surface area (Å²) in [7, 11) is 1.19. The molecule has 0 unspecified atom stereocenters. The summed E-state index contributed by atoms with van der Waals surface area (Å²) in [6.45, 7) is 0.546. The predicted molar refractivity (Wildman–Crippen MR) is 48.7 cm³/mol. The number of hydrogen-bond acceptors (Lipinski definition) is 4. The quantitative estimate of drug-likeness (QED) is 0.430. The Morgan fingerprint density at radius 1 is 1.53 bits per heavy atom. The average molecular weight is 212 g/mol. The van der Waals surface area contributed by atoms with Crippen LogP contribution < -0.4 is 5.32 Å². The number of hydrogen-bond donors (Lipinski definition) is 1. The van der Waals surface area contributed by atoms with Crippen molar-refractivity contribution < 1.29 is 19.1 Å². The molecule has 1 N–H and O–H groups in total. The van der Waals surface area contributed by atoms with Crippen molar-refractivity contribution in [3.8, 4) is 0 Å². The van der Waals surface area contributed by atoms with Crippen LogP contribution in [0.25, 0.3) is 0 Å². The third kappa shape index (κ3) is 1.45. The van der Waals surface area contributed by atoms with E-state index in [0.29, 0.717) is 13.0 Å². The van der Waals surface area contributed by atoms with Crippen molar-refractivity contribution in [2.75, 3.05) is 13.7 Å². The Morgan fingerprint density at radius 2 is 2.27 bits per heavy atom. The van der Waals surface area contributed by atoms with Gasteiger partial charge in [0.05, 0.1) is 7.11 Å². The maximum absolute atomic E-state index is 11.8. The minimum atomic E-state index is -1.16. The standard InChI is InChI=1S/C9H12N2O4/c1-15-9(14)6-8(13)11-4-2-3-5(11)7(12)10-6/h5-6H,2-4H2,1H3,(H,10,12)/t5-,6+/m0/s1. The van der Waals surface area contributed by atoms with Gasteiger partial charge in [-0.05, 0) is 12.8 Å². The highest BCUT2D eigenvalue weighted by Crippen LogP contribution is 2.22. The number of amides is 2. The zero-order valence-corrected chi connectivity index (χ0v) is 8.36. The van der Waals surface area contributed by atoms with E-state index in [-0.39, 0.29) is 11.8 Å². The van der Waals surface area contributed by atoms with Gasteiger partial charge in [-0.25, -0.2) is 4.79 Å². The average Bonchev–Trinajstić information content (AvgIpc) is 2.71. The lowest BCUT2D eigenvalue weighted by atomic mass is 10.1. The number of methoxy groups -OCH3 is 1. The van der Waals surface area contributed by atoms with Crippen LogP contribution in [0.2, 0.25) is 0 Å². The van der Waals surface area contributed by atoms with Crippen molar-refractivity contribution in [2.24, 2.45) is 0 Å². The molecule has 2 aliphatic rings. The maximum Gasteiger partial charge on any atom is 0.338 e. The highest BCUT2D eigenvalue weighted by Gasteiger charge is 2.46. The summed E-state index contributed by atoms with van der Waals surface area (Å²) in [5, 5.41) is 2.38. The van der Waals surface area contributed by atoms with E-state index >= 15 is 0 Å². The van der Waals surface area contributed by atoms with E-state index < -0.39 is 18.1 Å². The van der Waals surface area contributed by atoms with Gasteiger partial charge in [0.1, 0.15) is 6.04 Å². The number of fused-ring (bicyclic) bond motifs is 1. The van der Waals surface area contributed by atoms with Crippen molar-refractivity contribution in [2.45, 2.75) is 24.9 Å². The first-order valence-electron chi connectivity index (χ1n) is 4.84. The van der Waals surface area contributed by atoms with Crippen LogP contribution in [0.4, 0.5) is 0 Å². The van der Waals surface area contributed by atoms with Gasteiger partial charge in [0.15, 0.2) is 0 Å².